The van der Waals surface area contributed by atoms with E-state index in [1.807, 2.05) is 24.4 Å². The van der Waals surface area contributed by atoms with Crippen LogP contribution in [0.4, 0.5) is 4.39 Å². The second-order valence-corrected chi connectivity index (χ2v) is 6.34. The van der Waals surface area contributed by atoms with Gasteiger partial charge in [0, 0.05) is 18.7 Å². The van der Waals surface area contributed by atoms with Gasteiger partial charge >= 0.3 is 0 Å². The van der Waals surface area contributed by atoms with Crippen molar-refractivity contribution in [3.63, 3.8) is 0 Å². The summed E-state index contributed by atoms with van der Waals surface area (Å²) in [5.74, 6) is 0.803. The van der Waals surface area contributed by atoms with E-state index in [1.165, 1.54) is 38.2 Å². The molecule has 0 unspecified atom stereocenters. The molecule has 0 aliphatic heterocycles. The van der Waals surface area contributed by atoms with Gasteiger partial charge in [-0.25, -0.2) is 14.4 Å². The van der Waals surface area contributed by atoms with Crippen LogP contribution in [0.15, 0.2) is 42.6 Å². The summed E-state index contributed by atoms with van der Waals surface area (Å²) in [6.45, 7) is 0. The standard InChI is InChI=1S/C19H20FN3/c20-15-7-4-6-14(12-15)13-18-22-17-10-5-11-21-19(17)23(18)16-8-2-1-3-9-16/h4-7,10-12,16H,1-3,8-9,13H2. The van der Waals surface area contributed by atoms with Crippen molar-refractivity contribution in [3.05, 3.63) is 59.8 Å². The van der Waals surface area contributed by atoms with Crippen molar-refractivity contribution in [3.8, 4) is 0 Å². The lowest BCUT2D eigenvalue weighted by molar-refractivity contribution is 0.352. The molecule has 2 heterocycles. The third-order valence-electron chi connectivity index (χ3n) is 4.71. The monoisotopic (exact) mass is 309 g/mol. The number of halogens is 1. The molecule has 0 amide bonds. The third kappa shape index (κ3) is 2.85. The molecule has 23 heavy (non-hydrogen) atoms. The number of hydrogen-bond donors (Lipinski definition) is 0. The molecular formula is C19H20FN3. The average molecular weight is 309 g/mol. The molecule has 0 N–H and O–H groups in total. The van der Waals surface area contributed by atoms with Crippen molar-refractivity contribution in [2.24, 2.45) is 0 Å². The first kappa shape index (κ1) is 14.4. The van der Waals surface area contributed by atoms with Crippen molar-refractivity contribution < 1.29 is 4.39 Å². The van der Waals surface area contributed by atoms with Gasteiger partial charge in [-0.1, -0.05) is 31.4 Å². The van der Waals surface area contributed by atoms with Gasteiger partial charge in [-0.2, -0.15) is 0 Å². The summed E-state index contributed by atoms with van der Waals surface area (Å²) in [4.78, 5) is 9.35. The zero-order valence-electron chi connectivity index (χ0n) is 13.1. The average Bonchev–Trinajstić information content (AvgIpc) is 2.93. The maximum Gasteiger partial charge on any atom is 0.160 e. The zero-order valence-corrected chi connectivity index (χ0v) is 13.1. The van der Waals surface area contributed by atoms with E-state index in [2.05, 4.69) is 9.55 Å². The number of nitrogens with zero attached hydrogens (tertiary/aromatic N) is 3. The highest BCUT2D eigenvalue weighted by Crippen LogP contribution is 2.32. The van der Waals surface area contributed by atoms with Crippen LogP contribution < -0.4 is 0 Å². The molecule has 118 valence electrons. The summed E-state index contributed by atoms with van der Waals surface area (Å²) in [6.07, 6.45) is 8.67. The predicted octanol–water partition coefficient (Wildman–Crippen LogP) is 4.67. The second kappa shape index (κ2) is 6.11. The molecule has 4 rings (SSSR count). The first-order chi connectivity index (χ1) is 11.3. The van der Waals surface area contributed by atoms with E-state index in [4.69, 9.17) is 4.98 Å². The van der Waals surface area contributed by atoms with Crippen molar-refractivity contribution in [2.45, 2.75) is 44.6 Å². The minimum Gasteiger partial charge on any atom is -0.309 e. The summed E-state index contributed by atoms with van der Waals surface area (Å²) < 4.78 is 15.8. The van der Waals surface area contributed by atoms with Gasteiger partial charge in [-0.3, -0.25) is 0 Å². The Bertz CT molecular complexity index is 818. The van der Waals surface area contributed by atoms with Crippen LogP contribution in [0.25, 0.3) is 11.2 Å². The molecule has 1 aromatic carbocycles. The van der Waals surface area contributed by atoms with Gasteiger partial charge in [0.25, 0.3) is 0 Å². The van der Waals surface area contributed by atoms with E-state index >= 15 is 0 Å². The van der Waals surface area contributed by atoms with Crippen molar-refractivity contribution in [1.29, 1.82) is 0 Å². The maximum atomic E-state index is 13.5. The molecule has 4 heteroatoms. The molecule has 1 fully saturated rings. The van der Waals surface area contributed by atoms with E-state index in [0.29, 0.717) is 12.5 Å². The van der Waals surface area contributed by atoms with Gasteiger partial charge in [-0.15, -0.1) is 0 Å². The van der Waals surface area contributed by atoms with Gasteiger partial charge in [0.15, 0.2) is 5.65 Å². The maximum absolute atomic E-state index is 13.5. The fraction of sp³-hybridized carbons (Fsp3) is 0.368. The zero-order chi connectivity index (χ0) is 15.6. The third-order valence-corrected chi connectivity index (χ3v) is 4.71. The Morgan fingerprint density at radius 1 is 1.09 bits per heavy atom. The number of hydrogen-bond acceptors (Lipinski definition) is 2. The molecule has 3 aromatic rings. The predicted molar refractivity (Wildman–Crippen MR) is 88.9 cm³/mol. The van der Waals surface area contributed by atoms with Crippen molar-refractivity contribution in [2.75, 3.05) is 0 Å². The van der Waals surface area contributed by atoms with Crippen LogP contribution in [0.5, 0.6) is 0 Å². The Hall–Kier alpha value is -2.23. The normalized spacial score (nSPS) is 16.0. The fourth-order valence-electron chi connectivity index (χ4n) is 3.65. The van der Waals surface area contributed by atoms with Crippen LogP contribution in [0.3, 0.4) is 0 Å². The number of imidazole rings is 1. The Morgan fingerprint density at radius 2 is 1.96 bits per heavy atom. The fourth-order valence-corrected chi connectivity index (χ4v) is 3.65. The SMILES string of the molecule is Fc1cccc(Cc2nc3cccnc3n2C2CCCCC2)c1. The molecule has 0 atom stereocenters. The summed E-state index contributed by atoms with van der Waals surface area (Å²) >= 11 is 0. The number of pyridine rings is 1. The first-order valence-corrected chi connectivity index (χ1v) is 8.37. The van der Waals surface area contributed by atoms with Gasteiger partial charge in [-0.05, 0) is 42.7 Å². The van der Waals surface area contributed by atoms with Crippen LogP contribution in [0, 0.1) is 5.82 Å². The van der Waals surface area contributed by atoms with E-state index in [0.717, 1.165) is 22.6 Å². The Balaban J connectivity index is 1.78. The molecule has 3 nitrogen and oxygen atoms in total. The first-order valence-electron chi connectivity index (χ1n) is 8.37. The van der Waals surface area contributed by atoms with Gasteiger partial charge in [0.2, 0.25) is 0 Å². The van der Waals surface area contributed by atoms with Crippen molar-refractivity contribution >= 4 is 11.2 Å². The molecule has 0 saturated heterocycles. The van der Waals surface area contributed by atoms with Crippen LogP contribution in [-0.4, -0.2) is 14.5 Å². The molecule has 0 radical (unpaired) electrons. The Morgan fingerprint density at radius 3 is 2.78 bits per heavy atom. The highest BCUT2D eigenvalue weighted by Gasteiger charge is 2.22. The van der Waals surface area contributed by atoms with Crippen LogP contribution >= 0.6 is 0 Å². The molecule has 1 aliphatic rings. The Kier molecular flexibility index (Phi) is 3.82. The second-order valence-electron chi connectivity index (χ2n) is 6.34. The summed E-state index contributed by atoms with van der Waals surface area (Å²) in [5, 5.41) is 0. The molecule has 0 spiro atoms. The molecular weight excluding hydrogens is 289 g/mol. The van der Waals surface area contributed by atoms with Crippen molar-refractivity contribution in [1.82, 2.24) is 14.5 Å². The number of benzene rings is 1. The van der Waals surface area contributed by atoms with E-state index in [9.17, 15) is 4.39 Å². The molecule has 2 aromatic heterocycles. The lowest BCUT2D eigenvalue weighted by atomic mass is 9.95. The minimum atomic E-state index is -0.194. The van der Waals surface area contributed by atoms with E-state index in [-0.39, 0.29) is 5.82 Å². The molecule has 1 aliphatic carbocycles. The highest BCUT2D eigenvalue weighted by molar-refractivity contribution is 5.71. The summed E-state index contributed by atoms with van der Waals surface area (Å²) in [5.41, 5.74) is 2.85. The van der Waals surface area contributed by atoms with Crippen LogP contribution in [0.2, 0.25) is 0 Å². The number of fused-ring (bicyclic) bond motifs is 1. The largest absolute Gasteiger partial charge is 0.309 e. The van der Waals surface area contributed by atoms with Crippen LogP contribution in [-0.2, 0) is 6.42 Å². The summed E-state index contributed by atoms with van der Waals surface area (Å²) in [6, 6.07) is 11.2. The topological polar surface area (TPSA) is 30.7 Å². The Labute approximate surface area is 135 Å². The van der Waals surface area contributed by atoms with E-state index in [1.54, 1.807) is 12.1 Å². The lowest BCUT2D eigenvalue weighted by Crippen LogP contribution is -2.16. The highest BCUT2D eigenvalue weighted by atomic mass is 19.1. The molecule has 1 saturated carbocycles. The number of rotatable bonds is 3. The summed E-state index contributed by atoms with van der Waals surface area (Å²) in [7, 11) is 0. The number of aromatic nitrogens is 3. The van der Waals surface area contributed by atoms with Gasteiger partial charge in [0.05, 0.1) is 0 Å². The smallest absolute Gasteiger partial charge is 0.160 e. The molecule has 0 bridgehead atoms. The lowest BCUT2D eigenvalue weighted by Gasteiger charge is -2.25. The van der Waals surface area contributed by atoms with E-state index < -0.39 is 0 Å². The minimum absolute atomic E-state index is 0.194. The van der Waals surface area contributed by atoms with Crippen LogP contribution in [0.1, 0.15) is 49.5 Å². The quantitative estimate of drug-likeness (QED) is 0.704. The van der Waals surface area contributed by atoms with Gasteiger partial charge < -0.3 is 4.57 Å². The van der Waals surface area contributed by atoms with Gasteiger partial charge in [0.1, 0.15) is 17.2 Å².